The summed E-state index contributed by atoms with van der Waals surface area (Å²) in [6.07, 6.45) is 2.75. The molecule has 0 aliphatic rings. The fourth-order valence-corrected chi connectivity index (χ4v) is 1.98. The Morgan fingerprint density at radius 1 is 1.71 bits per heavy atom. The van der Waals surface area contributed by atoms with Gasteiger partial charge in [-0.15, -0.1) is 0 Å². The fourth-order valence-electron chi connectivity index (χ4n) is 1.47. The van der Waals surface area contributed by atoms with Gasteiger partial charge in [0.2, 0.25) is 0 Å². The summed E-state index contributed by atoms with van der Waals surface area (Å²) in [6.45, 7) is 3.05. The number of nitrogens with zero attached hydrogens (tertiary/aromatic N) is 2. The van der Waals surface area contributed by atoms with Gasteiger partial charge < -0.3 is 10.5 Å². The molecule has 1 atom stereocenters. The number of rotatable bonds is 7. The van der Waals surface area contributed by atoms with Crippen LogP contribution >= 0.6 is 15.9 Å². The molecule has 0 aliphatic heterocycles. The Hall–Kier alpha value is -0.720. The van der Waals surface area contributed by atoms with Crippen molar-refractivity contribution in [1.29, 1.82) is 0 Å². The van der Waals surface area contributed by atoms with Gasteiger partial charge in [0.05, 0.1) is 23.8 Å². The van der Waals surface area contributed by atoms with Gasteiger partial charge in [-0.3, -0.25) is 9.48 Å². The second kappa shape index (κ2) is 6.88. The van der Waals surface area contributed by atoms with Crippen LogP contribution in [0.15, 0.2) is 10.7 Å². The Balaban J connectivity index is 2.80. The van der Waals surface area contributed by atoms with E-state index < -0.39 is 0 Å². The average molecular weight is 304 g/mol. The van der Waals surface area contributed by atoms with Crippen LogP contribution in [-0.2, 0) is 11.3 Å². The lowest BCUT2D eigenvalue weighted by Crippen LogP contribution is -2.24. The van der Waals surface area contributed by atoms with Crippen molar-refractivity contribution in [1.82, 2.24) is 9.78 Å². The van der Waals surface area contributed by atoms with E-state index in [-0.39, 0.29) is 11.8 Å². The number of carbonyl (C=O) groups is 1. The van der Waals surface area contributed by atoms with Gasteiger partial charge in [0.1, 0.15) is 5.69 Å². The maximum absolute atomic E-state index is 12.1. The molecule has 1 aromatic rings. The smallest absolute Gasteiger partial charge is 0.183 e. The predicted octanol–water partition coefficient (Wildman–Crippen LogP) is 1.60. The highest BCUT2D eigenvalue weighted by molar-refractivity contribution is 9.10. The summed E-state index contributed by atoms with van der Waals surface area (Å²) in [7, 11) is 1.62. The highest BCUT2D eigenvalue weighted by Crippen LogP contribution is 2.18. The number of halogens is 1. The van der Waals surface area contributed by atoms with E-state index in [0.29, 0.717) is 29.7 Å². The molecule has 0 amide bonds. The maximum atomic E-state index is 12.1. The van der Waals surface area contributed by atoms with Gasteiger partial charge in [-0.1, -0.05) is 6.92 Å². The first-order chi connectivity index (χ1) is 8.10. The minimum Gasteiger partial charge on any atom is -0.383 e. The molecular formula is C11H18BrN3O2. The summed E-state index contributed by atoms with van der Waals surface area (Å²) in [6, 6.07) is -0.0971. The van der Waals surface area contributed by atoms with Crippen LogP contribution in [0.3, 0.4) is 0 Å². The van der Waals surface area contributed by atoms with Crippen molar-refractivity contribution in [3.63, 3.8) is 0 Å². The maximum Gasteiger partial charge on any atom is 0.183 e. The number of aromatic nitrogens is 2. The van der Waals surface area contributed by atoms with Crippen LogP contribution in [0.2, 0.25) is 0 Å². The summed E-state index contributed by atoms with van der Waals surface area (Å²) < 4.78 is 7.34. The highest BCUT2D eigenvalue weighted by Gasteiger charge is 2.18. The van der Waals surface area contributed by atoms with E-state index in [9.17, 15) is 4.79 Å². The van der Waals surface area contributed by atoms with Crippen LogP contribution in [0.1, 0.15) is 30.3 Å². The van der Waals surface area contributed by atoms with E-state index in [2.05, 4.69) is 21.0 Å². The molecule has 0 aromatic carbocycles. The number of nitrogens with two attached hydrogens (primary N) is 1. The van der Waals surface area contributed by atoms with Gasteiger partial charge in [-0.05, 0) is 22.4 Å². The van der Waals surface area contributed by atoms with E-state index in [1.807, 2.05) is 6.92 Å². The van der Waals surface area contributed by atoms with Gasteiger partial charge in [0.25, 0.3) is 0 Å². The third kappa shape index (κ3) is 3.90. The molecule has 96 valence electrons. The topological polar surface area (TPSA) is 70.1 Å². The summed E-state index contributed by atoms with van der Waals surface area (Å²) in [5.74, 6) is 0.0137. The lowest BCUT2D eigenvalue weighted by Gasteiger charge is -2.10. The number of hydrogen-bond donors (Lipinski definition) is 1. The first-order valence-electron chi connectivity index (χ1n) is 5.59. The second-order valence-corrected chi connectivity index (χ2v) is 4.71. The summed E-state index contributed by atoms with van der Waals surface area (Å²) in [4.78, 5) is 12.1. The van der Waals surface area contributed by atoms with Crippen molar-refractivity contribution >= 4 is 21.7 Å². The van der Waals surface area contributed by atoms with E-state index >= 15 is 0 Å². The van der Waals surface area contributed by atoms with Crippen LogP contribution < -0.4 is 5.73 Å². The molecule has 0 saturated heterocycles. The zero-order chi connectivity index (χ0) is 12.8. The van der Waals surface area contributed by atoms with Crippen molar-refractivity contribution in [3.05, 3.63) is 16.4 Å². The van der Waals surface area contributed by atoms with Gasteiger partial charge in [-0.2, -0.15) is 5.10 Å². The van der Waals surface area contributed by atoms with Crippen molar-refractivity contribution in [2.45, 2.75) is 32.4 Å². The third-order valence-electron chi connectivity index (χ3n) is 2.54. The average Bonchev–Trinajstić information content (AvgIpc) is 2.67. The van der Waals surface area contributed by atoms with Crippen LogP contribution in [0.5, 0.6) is 0 Å². The molecule has 5 nitrogen and oxygen atoms in total. The monoisotopic (exact) mass is 303 g/mol. The number of ether oxygens (including phenoxy) is 1. The molecule has 1 aromatic heterocycles. The third-order valence-corrected chi connectivity index (χ3v) is 3.12. The molecule has 0 saturated carbocycles. The van der Waals surface area contributed by atoms with Crippen LogP contribution in [0, 0.1) is 0 Å². The van der Waals surface area contributed by atoms with Gasteiger partial charge >= 0.3 is 0 Å². The van der Waals surface area contributed by atoms with Gasteiger partial charge in [-0.25, -0.2) is 0 Å². The van der Waals surface area contributed by atoms with Crippen molar-refractivity contribution in [2.75, 3.05) is 13.7 Å². The first kappa shape index (κ1) is 14.3. The van der Waals surface area contributed by atoms with Crippen LogP contribution in [0.25, 0.3) is 0 Å². The van der Waals surface area contributed by atoms with Crippen molar-refractivity contribution < 1.29 is 9.53 Å². The Morgan fingerprint density at radius 3 is 3.00 bits per heavy atom. The van der Waals surface area contributed by atoms with E-state index in [1.54, 1.807) is 18.0 Å². The molecule has 0 fully saturated rings. The zero-order valence-electron chi connectivity index (χ0n) is 10.1. The molecule has 1 rings (SSSR count). The lowest BCUT2D eigenvalue weighted by atomic mass is 10.1. The van der Waals surface area contributed by atoms with Crippen LogP contribution in [0.4, 0.5) is 0 Å². The van der Waals surface area contributed by atoms with Gasteiger partial charge in [0, 0.05) is 19.6 Å². The molecule has 0 aliphatic carbocycles. The lowest BCUT2D eigenvalue weighted by molar-refractivity contribution is 0.0959. The van der Waals surface area contributed by atoms with E-state index in [1.165, 1.54) is 0 Å². The predicted molar refractivity (Wildman–Crippen MR) is 69.0 cm³/mol. The summed E-state index contributed by atoms with van der Waals surface area (Å²) in [5, 5.41) is 4.14. The van der Waals surface area contributed by atoms with Crippen LogP contribution in [-0.4, -0.2) is 35.3 Å². The largest absolute Gasteiger partial charge is 0.383 e. The van der Waals surface area contributed by atoms with E-state index in [0.717, 1.165) is 6.42 Å². The Morgan fingerprint density at radius 2 is 2.41 bits per heavy atom. The number of carbonyl (C=O) groups excluding carboxylic acids is 1. The number of methoxy groups -OCH3 is 1. The minimum absolute atomic E-state index is 0.0137. The molecule has 2 N–H and O–H groups in total. The quantitative estimate of drug-likeness (QED) is 0.777. The fraction of sp³-hybridized carbons (Fsp3) is 0.636. The SMILES string of the molecule is CCC(N)CC(=O)c1c(Br)cnn1CCOC. The van der Waals surface area contributed by atoms with Crippen molar-refractivity contribution in [3.8, 4) is 0 Å². The molecule has 0 spiro atoms. The second-order valence-electron chi connectivity index (χ2n) is 3.85. The Bertz CT molecular complexity index is 379. The first-order valence-corrected chi connectivity index (χ1v) is 6.38. The molecule has 0 radical (unpaired) electrons. The van der Waals surface area contributed by atoms with Crippen molar-refractivity contribution in [2.24, 2.45) is 5.73 Å². The minimum atomic E-state index is -0.0971. The summed E-state index contributed by atoms with van der Waals surface area (Å²) >= 11 is 3.34. The number of hydrogen-bond acceptors (Lipinski definition) is 4. The summed E-state index contributed by atoms with van der Waals surface area (Å²) in [5.41, 5.74) is 6.36. The Labute approximate surface area is 109 Å². The molecule has 1 heterocycles. The molecule has 17 heavy (non-hydrogen) atoms. The Kier molecular flexibility index (Phi) is 5.80. The molecule has 1 unspecified atom stereocenters. The number of ketones is 1. The molecule has 6 heteroatoms. The highest BCUT2D eigenvalue weighted by atomic mass is 79.9. The normalized spacial score (nSPS) is 12.7. The number of Topliss-reactive ketones (excluding diaryl/α,β-unsaturated/α-hetero) is 1. The zero-order valence-corrected chi connectivity index (χ0v) is 11.7. The molecular weight excluding hydrogens is 286 g/mol. The van der Waals surface area contributed by atoms with E-state index in [4.69, 9.17) is 10.5 Å². The standard InChI is InChI=1S/C11H18BrN3O2/c1-3-8(13)6-10(16)11-9(12)7-14-15(11)4-5-17-2/h7-8H,3-6,13H2,1-2H3. The molecule has 0 bridgehead atoms. The van der Waals surface area contributed by atoms with Gasteiger partial charge in [0.15, 0.2) is 5.78 Å².